The molecule has 1 unspecified atom stereocenters. The van der Waals surface area contributed by atoms with E-state index in [-0.39, 0.29) is 23.3 Å². The van der Waals surface area contributed by atoms with Crippen molar-refractivity contribution < 1.29 is 17.6 Å². The van der Waals surface area contributed by atoms with Crippen LogP contribution in [0.25, 0.3) is 0 Å². The highest BCUT2D eigenvalue weighted by atomic mass is 32.2. The normalized spacial score (nSPS) is 18.3. The molecule has 1 saturated heterocycles. The largest absolute Gasteiger partial charge is 0.331 e. The van der Waals surface area contributed by atoms with Crippen LogP contribution in [0.2, 0.25) is 0 Å². The standard InChI is InChI=1S/C19H22FN3O3S/c1-14-7-9-15(10-8-14)27(25,26)21-19(24)23-12-11-22(2)18(13-23)16-5-3-4-6-17(16)20/h3-10,18H,11-13H2,1-2H3,(H,21,24). The third kappa shape index (κ3) is 4.28. The molecule has 8 heteroatoms. The second-order valence-corrected chi connectivity index (χ2v) is 8.37. The summed E-state index contributed by atoms with van der Waals surface area (Å²) in [5.74, 6) is -0.344. The van der Waals surface area contributed by atoms with Crippen molar-refractivity contribution in [1.82, 2.24) is 14.5 Å². The number of likely N-dealkylation sites (N-methyl/N-ethyl adjacent to an activating group) is 1. The van der Waals surface area contributed by atoms with E-state index in [9.17, 15) is 17.6 Å². The van der Waals surface area contributed by atoms with Crippen LogP contribution in [0, 0.1) is 12.7 Å². The number of nitrogens with zero attached hydrogens (tertiary/aromatic N) is 2. The summed E-state index contributed by atoms with van der Waals surface area (Å²) in [6.07, 6.45) is 0. The lowest BCUT2D eigenvalue weighted by atomic mass is 10.0. The minimum atomic E-state index is -3.96. The van der Waals surface area contributed by atoms with E-state index in [1.165, 1.54) is 23.1 Å². The van der Waals surface area contributed by atoms with Gasteiger partial charge in [0.15, 0.2) is 0 Å². The molecule has 2 aromatic rings. The zero-order valence-electron chi connectivity index (χ0n) is 15.2. The van der Waals surface area contributed by atoms with E-state index in [4.69, 9.17) is 0 Å². The fourth-order valence-electron chi connectivity index (χ4n) is 3.10. The molecule has 2 amide bonds. The Morgan fingerprint density at radius 2 is 1.78 bits per heavy atom. The highest BCUT2D eigenvalue weighted by Crippen LogP contribution is 2.26. The summed E-state index contributed by atoms with van der Waals surface area (Å²) in [7, 11) is -2.10. The van der Waals surface area contributed by atoms with Gasteiger partial charge in [0.05, 0.1) is 10.9 Å². The quantitative estimate of drug-likeness (QED) is 0.873. The third-order valence-corrected chi connectivity index (χ3v) is 6.09. The molecule has 0 aliphatic carbocycles. The Balaban J connectivity index is 1.75. The SMILES string of the molecule is Cc1ccc(S(=O)(=O)NC(=O)N2CCN(C)C(c3ccccc3F)C2)cc1. The van der Waals surface area contributed by atoms with Crippen LogP contribution in [-0.2, 0) is 10.0 Å². The molecule has 27 heavy (non-hydrogen) atoms. The number of amides is 2. The van der Waals surface area contributed by atoms with E-state index in [1.807, 2.05) is 18.9 Å². The van der Waals surface area contributed by atoms with Gasteiger partial charge in [-0.2, -0.15) is 0 Å². The molecule has 6 nitrogen and oxygen atoms in total. The smallest absolute Gasteiger partial charge is 0.321 e. The predicted octanol–water partition coefficient (Wildman–Crippen LogP) is 2.52. The number of benzene rings is 2. The van der Waals surface area contributed by atoms with Crippen LogP contribution in [0.15, 0.2) is 53.4 Å². The zero-order valence-corrected chi connectivity index (χ0v) is 16.0. The second-order valence-electron chi connectivity index (χ2n) is 6.69. The molecule has 1 aliphatic rings. The van der Waals surface area contributed by atoms with E-state index in [0.717, 1.165) is 5.56 Å². The maximum absolute atomic E-state index is 14.2. The van der Waals surface area contributed by atoms with Gasteiger partial charge in [0.2, 0.25) is 0 Å². The lowest BCUT2D eigenvalue weighted by Gasteiger charge is -2.39. The first-order valence-electron chi connectivity index (χ1n) is 8.61. The molecule has 3 rings (SSSR count). The molecule has 2 aromatic carbocycles. The monoisotopic (exact) mass is 391 g/mol. The summed E-state index contributed by atoms with van der Waals surface area (Å²) in [5, 5.41) is 0. The van der Waals surface area contributed by atoms with Crippen molar-refractivity contribution in [2.24, 2.45) is 0 Å². The Morgan fingerprint density at radius 1 is 1.11 bits per heavy atom. The van der Waals surface area contributed by atoms with Gasteiger partial charge < -0.3 is 4.90 Å². The lowest BCUT2D eigenvalue weighted by molar-refractivity contribution is 0.110. The highest BCUT2D eigenvalue weighted by molar-refractivity contribution is 7.90. The molecule has 1 heterocycles. The Morgan fingerprint density at radius 3 is 2.44 bits per heavy atom. The van der Waals surface area contributed by atoms with Crippen LogP contribution in [0.3, 0.4) is 0 Å². The summed E-state index contributed by atoms with van der Waals surface area (Å²) >= 11 is 0. The summed E-state index contributed by atoms with van der Waals surface area (Å²) < 4.78 is 41.1. The molecule has 0 spiro atoms. The number of hydrogen-bond acceptors (Lipinski definition) is 4. The van der Waals surface area contributed by atoms with Crippen LogP contribution < -0.4 is 4.72 Å². The fourth-order valence-corrected chi connectivity index (χ4v) is 4.07. The van der Waals surface area contributed by atoms with Crippen LogP contribution in [-0.4, -0.2) is 50.9 Å². The summed E-state index contributed by atoms with van der Waals surface area (Å²) in [6.45, 7) is 2.92. The lowest BCUT2D eigenvalue weighted by Crippen LogP contribution is -2.53. The van der Waals surface area contributed by atoms with E-state index in [0.29, 0.717) is 18.7 Å². The molecule has 144 valence electrons. The summed E-state index contributed by atoms with van der Waals surface area (Å²) in [6, 6.07) is 11.6. The fraction of sp³-hybridized carbons (Fsp3) is 0.316. The third-order valence-electron chi connectivity index (χ3n) is 4.75. The first-order valence-corrected chi connectivity index (χ1v) is 10.1. The summed E-state index contributed by atoms with van der Waals surface area (Å²) in [4.78, 5) is 15.9. The number of halogens is 1. The Bertz CT molecular complexity index is 931. The molecule has 1 atom stereocenters. The molecule has 1 fully saturated rings. The van der Waals surface area contributed by atoms with Gasteiger partial charge in [-0.25, -0.2) is 22.3 Å². The first-order chi connectivity index (χ1) is 12.8. The number of sulfonamides is 1. The summed E-state index contributed by atoms with van der Waals surface area (Å²) in [5.41, 5.74) is 1.41. The molecule has 0 saturated carbocycles. The number of urea groups is 1. The zero-order chi connectivity index (χ0) is 19.6. The average Bonchev–Trinajstić information content (AvgIpc) is 2.63. The molecule has 0 bridgehead atoms. The van der Waals surface area contributed by atoms with Gasteiger partial charge in [-0.05, 0) is 32.2 Å². The van der Waals surface area contributed by atoms with Crippen molar-refractivity contribution in [3.05, 3.63) is 65.5 Å². The second kappa shape index (κ2) is 7.66. The van der Waals surface area contributed by atoms with E-state index >= 15 is 0 Å². The van der Waals surface area contributed by atoms with Crippen LogP contribution in [0.5, 0.6) is 0 Å². The average molecular weight is 391 g/mol. The number of rotatable bonds is 3. The van der Waals surface area contributed by atoms with Crippen molar-refractivity contribution in [2.45, 2.75) is 17.9 Å². The van der Waals surface area contributed by atoms with Gasteiger partial charge in [-0.1, -0.05) is 35.9 Å². The van der Waals surface area contributed by atoms with Crippen molar-refractivity contribution in [1.29, 1.82) is 0 Å². The topological polar surface area (TPSA) is 69.7 Å². The number of aryl methyl sites for hydroxylation is 1. The molecular weight excluding hydrogens is 369 g/mol. The Labute approximate surface area is 158 Å². The van der Waals surface area contributed by atoms with Gasteiger partial charge in [0.1, 0.15) is 5.82 Å². The van der Waals surface area contributed by atoms with E-state index < -0.39 is 16.1 Å². The predicted molar refractivity (Wildman–Crippen MR) is 100 cm³/mol. The van der Waals surface area contributed by atoms with Gasteiger partial charge in [-0.3, -0.25) is 4.90 Å². The van der Waals surface area contributed by atoms with Gasteiger partial charge >= 0.3 is 6.03 Å². The van der Waals surface area contributed by atoms with Crippen molar-refractivity contribution >= 4 is 16.1 Å². The van der Waals surface area contributed by atoms with Crippen molar-refractivity contribution in [3.63, 3.8) is 0 Å². The van der Waals surface area contributed by atoms with Crippen LogP contribution in [0.4, 0.5) is 9.18 Å². The highest BCUT2D eigenvalue weighted by Gasteiger charge is 2.31. The molecule has 1 aliphatic heterocycles. The van der Waals surface area contributed by atoms with E-state index in [1.54, 1.807) is 30.3 Å². The number of nitrogens with one attached hydrogen (secondary N) is 1. The first kappa shape index (κ1) is 19.3. The molecule has 1 N–H and O–H groups in total. The van der Waals surface area contributed by atoms with Gasteiger partial charge in [0, 0.05) is 25.2 Å². The minimum absolute atomic E-state index is 0.0289. The number of piperazine rings is 1. The number of hydrogen-bond donors (Lipinski definition) is 1. The van der Waals surface area contributed by atoms with Crippen molar-refractivity contribution in [2.75, 3.05) is 26.7 Å². The van der Waals surface area contributed by atoms with Crippen LogP contribution in [0.1, 0.15) is 17.2 Å². The Hall–Kier alpha value is -2.45. The van der Waals surface area contributed by atoms with Gasteiger partial charge in [-0.15, -0.1) is 0 Å². The van der Waals surface area contributed by atoms with Crippen molar-refractivity contribution in [3.8, 4) is 0 Å². The number of carbonyl (C=O) groups is 1. The molecule has 0 radical (unpaired) electrons. The van der Waals surface area contributed by atoms with Gasteiger partial charge in [0.25, 0.3) is 10.0 Å². The molecular formula is C19H22FN3O3S. The maximum Gasteiger partial charge on any atom is 0.331 e. The Kier molecular flexibility index (Phi) is 5.48. The maximum atomic E-state index is 14.2. The van der Waals surface area contributed by atoms with E-state index in [2.05, 4.69) is 4.72 Å². The molecule has 0 aromatic heterocycles. The van der Waals surface area contributed by atoms with Crippen LogP contribution >= 0.6 is 0 Å². The minimum Gasteiger partial charge on any atom is -0.321 e. The number of carbonyl (C=O) groups excluding carboxylic acids is 1.